The largest absolute Gasteiger partial charge is 0.378 e. The molecule has 1 saturated carbocycles. The molecule has 2 heterocycles. The summed E-state index contributed by atoms with van der Waals surface area (Å²) in [6.45, 7) is 0.149. The Hall–Kier alpha value is -2.11. The minimum absolute atomic E-state index is 0.146. The molecule has 11 heteroatoms. The van der Waals surface area contributed by atoms with Crippen molar-refractivity contribution >= 4 is 27.7 Å². The summed E-state index contributed by atoms with van der Waals surface area (Å²) >= 11 is 0. The monoisotopic (exact) mass is 414 g/mol. The van der Waals surface area contributed by atoms with Gasteiger partial charge in [-0.05, 0) is 37.8 Å². The lowest BCUT2D eigenvalue weighted by Crippen LogP contribution is -2.49. The van der Waals surface area contributed by atoms with Crippen LogP contribution >= 0.6 is 0 Å². The number of amides is 2. The second-order valence-electron chi connectivity index (χ2n) is 6.91. The highest BCUT2D eigenvalue weighted by Gasteiger charge is 2.36. The number of ether oxygens (including phenoxy) is 1. The molecule has 2 aliphatic rings. The highest BCUT2D eigenvalue weighted by atomic mass is 32.2. The quantitative estimate of drug-likeness (QED) is 0.533. The zero-order chi connectivity index (χ0) is 20.1. The van der Waals surface area contributed by atoms with E-state index in [1.807, 2.05) is 0 Å². The van der Waals surface area contributed by atoms with Crippen molar-refractivity contribution in [3.8, 4) is 0 Å². The van der Waals surface area contributed by atoms with Gasteiger partial charge in [-0.2, -0.15) is 0 Å². The fourth-order valence-electron chi connectivity index (χ4n) is 2.90. The van der Waals surface area contributed by atoms with Gasteiger partial charge < -0.3 is 15.4 Å². The number of hydrogen-bond donors (Lipinski definition) is 3. The van der Waals surface area contributed by atoms with Crippen LogP contribution in [0.4, 0.5) is 10.2 Å². The zero-order valence-corrected chi connectivity index (χ0v) is 16.0. The van der Waals surface area contributed by atoms with Gasteiger partial charge in [0.15, 0.2) is 0 Å². The molecule has 0 bridgehead atoms. The van der Waals surface area contributed by atoms with E-state index in [0.29, 0.717) is 19.4 Å². The summed E-state index contributed by atoms with van der Waals surface area (Å²) in [5.41, 5.74) is 0. The van der Waals surface area contributed by atoms with Gasteiger partial charge in [-0.25, -0.2) is 22.5 Å². The Morgan fingerprint density at radius 1 is 1.29 bits per heavy atom. The van der Waals surface area contributed by atoms with E-state index in [-0.39, 0.29) is 18.3 Å². The lowest BCUT2D eigenvalue weighted by atomic mass is 10.1. The number of aromatic nitrogens is 1. The van der Waals surface area contributed by atoms with Crippen LogP contribution in [0.1, 0.15) is 32.1 Å². The average Bonchev–Trinajstić information content (AvgIpc) is 3.40. The van der Waals surface area contributed by atoms with Crippen LogP contribution in [-0.4, -0.2) is 55.8 Å². The van der Waals surface area contributed by atoms with Crippen molar-refractivity contribution in [1.29, 1.82) is 0 Å². The normalized spacial score (nSPS) is 20.5. The maximum atomic E-state index is 13.0. The molecule has 1 aromatic rings. The SMILES string of the molecule is O=C(CNS(=O)(=O)C1CC1)N[C@@H](CC1CCCO1)C(=O)Nc1ccc(F)cn1. The molecule has 1 aliphatic carbocycles. The highest BCUT2D eigenvalue weighted by Crippen LogP contribution is 2.27. The molecule has 2 fully saturated rings. The van der Waals surface area contributed by atoms with Crippen molar-refractivity contribution < 1.29 is 27.1 Å². The molecule has 0 spiro atoms. The van der Waals surface area contributed by atoms with Gasteiger partial charge in [-0.3, -0.25) is 9.59 Å². The number of nitrogens with one attached hydrogen (secondary N) is 3. The van der Waals surface area contributed by atoms with E-state index in [9.17, 15) is 22.4 Å². The zero-order valence-electron chi connectivity index (χ0n) is 15.2. The first-order valence-electron chi connectivity index (χ1n) is 9.15. The van der Waals surface area contributed by atoms with Gasteiger partial charge in [-0.15, -0.1) is 0 Å². The number of carbonyl (C=O) groups is 2. The smallest absolute Gasteiger partial charge is 0.248 e. The van der Waals surface area contributed by atoms with Crippen molar-refractivity contribution in [2.24, 2.45) is 0 Å². The molecule has 1 aliphatic heterocycles. The van der Waals surface area contributed by atoms with Gasteiger partial charge in [0.1, 0.15) is 17.7 Å². The summed E-state index contributed by atoms with van der Waals surface area (Å²) in [4.78, 5) is 28.5. The number of halogens is 1. The van der Waals surface area contributed by atoms with E-state index in [0.717, 1.165) is 25.1 Å². The molecule has 1 aromatic heterocycles. The number of nitrogens with zero attached hydrogens (tertiary/aromatic N) is 1. The molecule has 3 N–H and O–H groups in total. The molecule has 3 rings (SSSR count). The lowest BCUT2D eigenvalue weighted by Gasteiger charge is -2.21. The second kappa shape index (κ2) is 8.93. The lowest BCUT2D eigenvalue weighted by molar-refractivity contribution is -0.126. The molecule has 9 nitrogen and oxygen atoms in total. The molecule has 1 unspecified atom stereocenters. The van der Waals surface area contributed by atoms with Crippen LogP contribution in [0.25, 0.3) is 0 Å². The van der Waals surface area contributed by atoms with Crippen LogP contribution in [0.2, 0.25) is 0 Å². The maximum absolute atomic E-state index is 13.0. The van der Waals surface area contributed by atoms with Crippen LogP contribution in [0.3, 0.4) is 0 Å². The van der Waals surface area contributed by atoms with Crippen molar-refractivity contribution in [3.63, 3.8) is 0 Å². The summed E-state index contributed by atoms with van der Waals surface area (Å²) in [6, 6.07) is 1.53. The number of anilines is 1. The number of pyridine rings is 1. The number of carbonyl (C=O) groups excluding carboxylic acids is 2. The fourth-order valence-corrected chi connectivity index (χ4v) is 4.22. The van der Waals surface area contributed by atoms with Gasteiger partial charge in [0.05, 0.1) is 24.1 Å². The first-order chi connectivity index (χ1) is 13.3. The molecule has 154 valence electrons. The van der Waals surface area contributed by atoms with Gasteiger partial charge in [0.2, 0.25) is 21.8 Å². The van der Waals surface area contributed by atoms with Crippen molar-refractivity contribution in [1.82, 2.24) is 15.0 Å². The van der Waals surface area contributed by atoms with Crippen LogP contribution < -0.4 is 15.4 Å². The molecule has 0 radical (unpaired) electrons. The molecule has 1 saturated heterocycles. The second-order valence-corrected chi connectivity index (χ2v) is 8.95. The van der Waals surface area contributed by atoms with E-state index >= 15 is 0 Å². The Morgan fingerprint density at radius 2 is 2.07 bits per heavy atom. The minimum atomic E-state index is -3.49. The van der Waals surface area contributed by atoms with Crippen molar-refractivity contribution in [3.05, 3.63) is 24.1 Å². The number of sulfonamides is 1. The van der Waals surface area contributed by atoms with Crippen LogP contribution in [0, 0.1) is 5.82 Å². The van der Waals surface area contributed by atoms with Gasteiger partial charge in [-0.1, -0.05) is 0 Å². The van der Waals surface area contributed by atoms with Crippen molar-refractivity contribution in [2.75, 3.05) is 18.5 Å². The number of rotatable bonds is 9. The van der Waals surface area contributed by atoms with E-state index in [1.165, 1.54) is 6.07 Å². The van der Waals surface area contributed by atoms with Gasteiger partial charge in [0, 0.05) is 13.0 Å². The maximum Gasteiger partial charge on any atom is 0.248 e. The Balaban J connectivity index is 1.59. The summed E-state index contributed by atoms with van der Waals surface area (Å²) in [5.74, 6) is -1.54. The topological polar surface area (TPSA) is 126 Å². The summed E-state index contributed by atoms with van der Waals surface area (Å²) in [7, 11) is -3.49. The third kappa shape index (κ3) is 5.94. The fraction of sp³-hybridized carbons (Fsp3) is 0.588. The molecule has 2 amide bonds. The van der Waals surface area contributed by atoms with Crippen molar-refractivity contribution in [2.45, 2.75) is 49.5 Å². The van der Waals surface area contributed by atoms with Gasteiger partial charge >= 0.3 is 0 Å². The van der Waals surface area contributed by atoms with Crippen LogP contribution in [0.5, 0.6) is 0 Å². The van der Waals surface area contributed by atoms with E-state index in [4.69, 9.17) is 4.74 Å². The third-order valence-corrected chi connectivity index (χ3v) is 6.45. The molecular formula is C17H23FN4O5S. The Kier molecular flexibility index (Phi) is 6.57. The first kappa shape index (κ1) is 20.6. The molecular weight excluding hydrogens is 391 g/mol. The highest BCUT2D eigenvalue weighted by molar-refractivity contribution is 7.90. The Labute approximate surface area is 162 Å². The first-order valence-corrected chi connectivity index (χ1v) is 10.7. The predicted octanol–water partition coefficient (Wildman–Crippen LogP) is 0.295. The molecule has 28 heavy (non-hydrogen) atoms. The minimum Gasteiger partial charge on any atom is -0.378 e. The number of hydrogen-bond acceptors (Lipinski definition) is 6. The Bertz CT molecular complexity index is 807. The average molecular weight is 414 g/mol. The van der Waals surface area contributed by atoms with Crippen LogP contribution in [-0.2, 0) is 24.3 Å². The van der Waals surface area contributed by atoms with Crippen LogP contribution in [0.15, 0.2) is 18.3 Å². The summed E-state index contributed by atoms with van der Waals surface area (Å²) < 4.78 is 44.4. The summed E-state index contributed by atoms with van der Waals surface area (Å²) in [5, 5.41) is 4.64. The van der Waals surface area contributed by atoms with Gasteiger partial charge in [0.25, 0.3) is 0 Å². The van der Waals surface area contributed by atoms with E-state index < -0.39 is 45.5 Å². The predicted molar refractivity (Wildman–Crippen MR) is 98.3 cm³/mol. The standard InChI is InChI=1S/C17H23FN4O5S/c18-11-3-6-15(19-9-11)22-17(24)14(8-12-2-1-7-27-12)21-16(23)10-20-28(25,26)13-4-5-13/h3,6,9,12-14,20H,1-2,4-5,7-8,10H2,(H,21,23)(H,19,22,24)/t12?,14-/m0/s1. The third-order valence-electron chi connectivity index (χ3n) is 4.55. The van der Waals surface area contributed by atoms with E-state index in [1.54, 1.807) is 0 Å². The molecule has 2 atom stereocenters. The van der Waals surface area contributed by atoms with E-state index in [2.05, 4.69) is 20.3 Å². The molecule has 0 aromatic carbocycles. The Morgan fingerprint density at radius 3 is 2.68 bits per heavy atom. The summed E-state index contributed by atoms with van der Waals surface area (Å²) in [6.07, 6.45) is 3.85.